The number of likely N-dealkylation sites (tertiary alicyclic amines) is 1. The fourth-order valence-corrected chi connectivity index (χ4v) is 2.95. The summed E-state index contributed by atoms with van der Waals surface area (Å²) in [6.07, 6.45) is 2.35. The topological polar surface area (TPSA) is 75.9 Å². The molecule has 24 heavy (non-hydrogen) atoms. The van der Waals surface area contributed by atoms with E-state index < -0.39 is 6.03 Å². The van der Waals surface area contributed by atoms with E-state index in [1.54, 1.807) is 29.0 Å². The number of piperidine rings is 1. The summed E-state index contributed by atoms with van der Waals surface area (Å²) < 4.78 is 5.62. The Kier molecular flexibility index (Phi) is 6.73. The third-order valence-electron chi connectivity index (χ3n) is 4.18. The molecule has 1 heterocycles. The number of rotatable bonds is 6. The van der Waals surface area contributed by atoms with Crippen molar-refractivity contribution in [3.63, 3.8) is 0 Å². The van der Waals surface area contributed by atoms with Crippen LogP contribution < -0.4 is 10.5 Å². The Balaban J connectivity index is 1.71. The van der Waals surface area contributed by atoms with Crippen LogP contribution >= 0.6 is 11.6 Å². The summed E-state index contributed by atoms with van der Waals surface area (Å²) in [5.74, 6) is 0.665. The number of benzene rings is 1. The molecule has 1 saturated heterocycles. The molecule has 1 aliphatic rings. The predicted molar refractivity (Wildman–Crippen MR) is 93.1 cm³/mol. The molecule has 0 spiro atoms. The first-order valence-corrected chi connectivity index (χ1v) is 8.53. The number of halogens is 1. The second kappa shape index (κ2) is 8.78. The molecule has 2 rings (SSSR count). The summed E-state index contributed by atoms with van der Waals surface area (Å²) in [5, 5.41) is 0.671. The van der Waals surface area contributed by atoms with E-state index in [0.717, 1.165) is 25.0 Å². The third-order valence-corrected chi connectivity index (χ3v) is 4.43. The standard InChI is InChI=1S/C17H24ClN3O3/c1-20(9-3-11-24-15-7-5-14(18)6-8-15)16(22)13-4-2-10-21(12-13)17(19)23/h5-8,13H,2-4,9-12H2,1H3,(H2,19,23). The van der Waals surface area contributed by atoms with Crippen LogP contribution in [0, 0.1) is 5.92 Å². The van der Waals surface area contributed by atoms with Gasteiger partial charge in [0.2, 0.25) is 5.91 Å². The van der Waals surface area contributed by atoms with Crippen molar-refractivity contribution in [3.8, 4) is 5.75 Å². The molecule has 132 valence electrons. The summed E-state index contributed by atoms with van der Waals surface area (Å²) in [7, 11) is 1.79. The van der Waals surface area contributed by atoms with Gasteiger partial charge in [-0.25, -0.2) is 4.79 Å². The van der Waals surface area contributed by atoms with Gasteiger partial charge in [-0.2, -0.15) is 0 Å². The van der Waals surface area contributed by atoms with Crippen molar-refractivity contribution in [2.75, 3.05) is 33.3 Å². The fraction of sp³-hybridized carbons (Fsp3) is 0.529. The lowest BCUT2D eigenvalue weighted by atomic mass is 9.97. The van der Waals surface area contributed by atoms with Crippen LogP contribution in [0.1, 0.15) is 19.3 Å². The minimum Gasteiger partial charge on any atom is -0.494 e. The molecule has 0 radical (unpaired) electrons. The van der Waals surface area contributed by atoms with Gasteiger partial charge in [0.05, 0.1) is 12.5 Å². The Morgan fingerprint density at radius 1 is 1.38 bits per heavy atom. The van der Waals surface area contributed by atoms with Crippen molar-refractivity contribution in [1.82, 2.24) is 9.80 Å². The lowest BCUT2D eigenvalue weighted by molar-refractivity contribution is -0.135. The highest BCUT2D eigenvalue weighted by atomic mass is 35.5. The summed E-state index contributed by atoms with van der Waals surface area (Å²) >= 11 is 5.82. The quantitative estimate of drug-likeness (QED) is 0.797. The van der Waals surface area contributed by atoms with Crippen LogP contribution in [0.5, 0.6) is 5.75 Å². The van der Waals surface area contributed by atoms with Crippen molar-refractivity contribution in [1.29, 1.82) is 0 Å². The molecule has 0 bridgehead atoms. The van der Waals surface area contributed by atoms with Gasteiger partial charge in [0.1, 0.15) is 5.75 Å². The molecular formula is C17H24ClN3O3. The Morgan fingerprint density at radius 3 is 2.75 bits per heavy atom. The van der Waals surface area contributed by atoms with Gasteiger partial charge in [-0.3, -0.25) is 4.79 Å². The molecule has 1 aliphatic heterocycles. The van der Waals surface area contributed by atoms with Gasteiger partial charge in [0.25, 0.3) is 0 Å². The molecule has 1 aromatic carbocycles. The number of hydrogen-bond acceptors (Lipinski definition) is 3. The number of nitrogens with two attached hydrogens (primary N) is 1. The maximum absolute atomic E-state index is 12.5. The zero-order valence-corrected chi connectivity index (χ0v) is 14.7. The van der Waals surface area contributed by atoms with Gasteiger partial charge in [0.15, 0.2) is 0 Å². The Hall–Kier alpha value is -1.95. The van der Waals surface area contributed by atoms with Gasteiger partial charge in [-0.05, 0) is 43.5 Å². The van der Waals surface area contributed by atoms with Crippen LogP contribution in [0.2, 0.25) is 5.02 Å². The number of primary amides is 1. The Labute approximate surface area is 147 Å². The highest BCUT2D eigenvalue weighted by Crippen LogP contribution is 2.19. The number of hydrogen-bond donors (Lipinski definition) is 1. The summed E-state index contributed by atoms with van der Waals surface area (Å²) in [6.45, 7) is 2.19. The first kappa shape index (κ1) is 18.4. The van der Waals surface area contributed by atoms with Crippen LogP contribution in [0.4, 0.5) is 4.79 Å². The molecule has 1 unspecified atom stereocenters. The molecular weight excluding hydrogens is 330 g/mol. The lowest BCUT2D eigenvalue weighted by Crippen LogP contribution is -2.47. The number of urea groups is 1. The molecule has 7 heteroatoms. The average Bonchev–Trinajstić information content (AvgIpc) is 2.59. The minimum atomic E-state index is -0.452. The lowest BCUT2D eigenvalue weighted by Gasteiger charge is -2.33. The largest absolute Gasteiger partial charge is 0.494 e. The van der Waals surface area contributed by atoms with Crippen LogP contribution in [0.25, 0.3) is 0 Å². The first-order chi connectivity index (χ1) is 11.5. The van der Waals surface area contributed by atoms with Crippen molar-refractivity contribution < 1.29 is 14.3 Å². The number of ether oxygens (including phenoxy) is 1. The highest BCUT2D eigenvalue weighted by Gasteiger charge is 2.29. The smallest absolute Gasteiger partial charge is 0.314 e. The molecule has 0 aliphatic carbocycles. The van der Waals surface area contributed by atoms with Gasteiger partial charge in [-0.1, -0.05) is 11.6 Å². The summed E-state index contributed by atoms with van der Waals surface area (Å²) in [5.41, 5.74) is 5.31. The first-order valence-electron chi connectivity index (χ1n) is 8.15. The zero-order valence-electron chi connectivity index (χ0n) is 13.9. The second-order valence-corrected chi connectivity index (χ2v) is 6.48. The molecule has 6 nitrogen and oxygen atoms in total. The van der Waals surface area contributed by atoms with E-state index in [4.69, 9.17) is 22.1 Å². The normalized spacial score (nSPS) is 17.4. The third kappa shape index (κ3) is 5.30. The van der Waals surface area contributed by atoms with Crippen molar-refractivity contribution in [3.05, 3.63) is 29.3 Å². The summed E-state index contributed by atoms with van der Waals surface area (Å²) in [6, 6.07) is 6.74. The van der Waals surface area contributed by atoms with Gasteiger partial charge >= 0.3 is 6.03 Å². The van der Waals surface area contributed by atoms with Crippen LogP contribution in [0.3, 0.4) is 0 Å². The molecule has 3 amide bonds. The molecule has 1 atom stereocenters. The monoisotopic (exact) mass is 353 g/mol. The SMILES string of the molecule is CN(CCCOc1ccc(Cl)cc1)C(=O)C1CCCN(C(N)=O)C1. The second-order valence-electron chi connectivity index (χ2n) is 6.04. The van der Waals surface area contributed by atoms with E-state index in [2.05, 4.69) is 0 Å². The highest BCUT2D eigenvalue weighted by molar-refractivity contribution is 6.30. The van der Waals surface area contributed by atoms with E-state index in [0.29, 0.717) is 31.3 Å². The molecule has 1 fully saturated rings. The van der Waals surface area contributed by atoms with E-state index >= 15 is 0 Å². The van der Waals surface area contributed by atoms with Crippen molar-refractivity contribution in [2.24, 2.45) is 11.7 Å². The van der Waals surface area contributed by atoms with Crippen LogP contribution in [-0.2, 0) is 4.79 Å². The number of amides is 3. The van der Waals surface area contributed by atoms with Crippen molar-refractivity contribution >= 4 is 23.5 Å². The minimum absolute atomic E-state index is 0.0624. The van der Waals surface area contributed by atoms with E-state index in [1.807, 2.05) is 12.1 Å². The van der Waals surface area contributed by atoms with Crippen molar-refractivity contribution in [2.45, 2.75) is 19.3 Å². The average molecular weight is 354 g/mol. The zero-order chi connectivity index (χ0) is 17.5. The molecule has 1 aromatic rings. The van der Waals surface area contributed by atoms with Gasteiger partial charge < -0.3 is 20.3 Å². The Bertz CT molecular complexity index is 565. The molecule has 0 aromatic heterocycles. The van der Waals surface area contributed by atoms with Gasteiger partial charge in [-0.15, -0.1) is 0 Å². The number of nitrogens with zero attached hydrogens (tertiary/aromatic N) is 2. The maximum Gasteiger partial charge on any atom is 0.314 e. The van der Waals surface area contributed by atoms with E-state index in [1.165, 1.54) is 0 Å². The predicted octanol–water partition coefficient (Wildman–Crippen LogP) is 2.36. The summed E-state index contributed by atoms with van der Waals surface area (Å²) in [4.78, 5) is 27.0. The van der Waals surface area contributed by atoms with E-state index in [9.17, 15) is 9.59 Å². The fourth-order valence-electron chi connectivity index (χ4n) is 2.82. The maximum atomic E-state index is 12.5. The number of carbonyl (C=O) groups is 2. The van der Waals surface area contributed by atoms with Crippen LogP contribution in [-0.4, -0.2) is 55.0 Å². The Morgan fingerprint density at radius 2 is 2.08 bits per heavy atom. The van der Waals surface area contributed by atoms with Crippen LogP contribution in [0.15, 0.2) is 24.3 Å². The molecule has 2 N–H and O–H groups in total. The molecule has 0 saturated carbocycles. The van der Waals surface area contributed by atoms with Gasteiger partial charge in [0, 0.05) is 31.7 Å². The van der Waals surface area contributed by atoms with E-state index in [-0.39, 0.29) is 11.8 Å². The number of carbonyl (C=O) groups excluding carboxylic acids is 2.